The molecule has 0 saturated heterocycles. The third kappa shape index (κ3) is 4.27. The van der Waals surface area contributed by atoms with E-state index in [1.54, 1.807) is 12.1 Å². The predicted octanol–water partition coefficient (Wildman–Crippen LogP) is 0.875. The topological polar surface area (TPSA) is 153 Å². The highest BCUT2D eigenvalue weighted by Crippen LogP contribution is 2.50. The maximum absolute atomic E-state index is 13.3. The second kappa shape index (κ2) is 9.45. The van der Waals surface area contributed by atoms with Crippen molar-refractivity contribution < 1.29 is 39.2 Å². The largest absolute Gasteiger partial charge is 0.507 e. The first-order valence-corrected chi connectivity index (χ1v) is 11.5. The van der Waals surface area contributed by atoms with Gasteiger partial charge in [-0.25, -0.2) is 0 Å². The molecule has 190 valence electrons. The number of nitrogens with one attached hydrogen (secondary N) is 1. The van der Waals surface area contributed by atoms with E-state index in [0.717, 1.165) is 6.92 Å². The number of carbonyl (C=O) groups excluding carboxylic acids is 4. The normalized spacial score (nSPS) is 20.5. The molecular weight excluding hydrogens is 468 g/mol. The van der Waals surface area contributed by atoms with E-state index in [1.807, 2.05) is 19.0 Å². The lowest BCUT2D eigenvalue weighted by Crippen LogP contribution is -2.50. The van der Waals surface area contributed by atoms with E-state index < -0.39 is 59.5 Å². The number of carbonyl (C=O) groups is 4. The van der Waals surface area contributed by atoms with Crippen molar-refractivity contribution in [3.63, 3.8) is 0 Å². The van der Waals surface area contributed by atoms with Gasteiger partial charge in [-0.3, -0.25) is 19.2 Å². The molecule has 0 aliphatic heterocycles. The molecule has 4 N–H and O–H groups in total. The maximum atomic E-state index is 13.3. The van der Waals surface area contributed by atoms with Gasteiger partial charge in [0.1, 0.15) is 17.1 Å². The SMILES string of the molecule is CC(=O)OCC(=O)[C@]1(O)Cc2c(O)c3c(c(O)c2[C@@H](NCCN(C)C)C1)C(=O)c1ccccc1C3=O. The number of fused-ring (bicyclic) bond motifs is 3. The molecule has 2 aromatic carbocycles. The van der Waals surface area contributed by atoms with Crippen LogP contribution in [0.25, 0.3) is 0 Å². The van der Waals surface area contributed by atoms with E-state index in [-0.39, 0.29) is 39.8 Å². The van der Waals surface area contributed by atoms with Crippen molar-refractivity contribution in [1.29, 1.82) is 0 Å². The van der Waals surface area contributed by atoms with Gasteiger partial charge in [-0.15, -0.1) is 0 Å². The van der Waals surface area contributed by atoms with Crippen molar-refractivity contribution in [2.75, 3.05) is 33.8 Å². The number of aromatic hydroxyl groups is 2. The summed E-state index contributed by atoms with van der Waals surface area (Å²) in [6.45, 7) is 1.43. The number of ether oxygens (including phenoxy) is 1. The minimum atomic E-state index is -2.06. The number of Topliss-reactive ketones (excluding diaryl/α,β-unsaturated/α-hetero) is 1. The zero-order chi connectivity index (χ0) is 26.4. The molecule has 0 saturated carbocycles. The van der Waals surface area contributed by atoms with Crippen LogP contribution < -0.4 is 5.32 Å². The molecule has 10 heteroatoms. The van der Waals surface area contributed by atoms with E-state index in [1.165, 1.54) is 12.1 Å². The second-order valence-corrected chi connectivity index (χ2v) is 9.47. The molecule has 2 aromatic rings. The van der Waals surface area contributed by atoms with Crippen LogP contribution in [-0.2, 0) is 20.7 Å². The summed E-state index contributed by atoms with van der Waals surface area (Å²) in [6.07, 6.45) is -0.651. The summed E-state index contributed by atoms with van der Waals surface area (Å²) in [5.74, 6) is -3.76. The van der Waals surface area contributed by atoms with Crippen molar-refractivity contribution in [2.24, 2.45) is 0 Å². The summed E-state index contributed by atoms with van der Waals surface area (Å²) < 4.78 is 4.79. The van der Waals surface area contributed by atoms with E-state index in [9.17, 15) is 34.5 Å². The quantitative estimate of drug-likeness (QED) is 0.274. The molecule has 36 heavy (non-hydrogen) atoms. The first-order chi connectivity index (χ1) is 17.0. The lowest BCUT2D eigenvalue weighted by Gasteiger charge is -2.39. The second-order valence-electron chi connectivity index (χ2n) is 9.47. The molecule has 10 nitrogen and oxygen atoms in total. The Morgan fingerprint density at radius 2 is 1.67 bits per heavy atom. The van der Waals surface area contributed by atoms with Gasteiger partial charge in [0.2, 0.25) is 5.78 Å². The molecule has 0 fully saturated rings. The summed E-state index contributed by atoms with van der Waals surface area (Å²) in [7, 11) is 3.72. The van der Waals surface area contributed by atoms with Crippen LogP contribution in [0.1, 0.15) is 62.4 Å². The van der Waals surface area contributed by atoms with E-state index in [4.69, 9.17) is 4.74 Å². The Hall–Kier alpha value is -3.60. The number of likely N-dealkylation sites (N-methyl/N-ethyl adjacent to an activating group) is 1. The Morgan fingerprint density at radius 3 is 2.22 bits per heavy atom. The zero-order valence-electron chi connectivity index (χ0n) is 20.3. The number of hydrogen-bond donors (Lipinski definition) is 4. The molecule has 2 aliphatic rings. The van der Waals surface area contributed by atoms with E-state index >= 15 is 0 Å². The molecule has 0 spiro atoms. The first-order valence-electron chi connectivity index (χ1n) is 11.5. The minimum absolute atomic E-state index is 0.0148. The van der Waals surface area contributed by atoms with Gasteiger partial charge in [0.15, 0.2) is 18.2 Å². The number of rotatable bonds is 7. The number of aliphatic hydroxyl groups is 1. The minimum Gasteiger partial charge on any atom is -0.507 e. The fourth-order valence-electron chi connectivity index (χ4n) is 4.89. The van der Waals surface area contributed by atoms with Crippen molar-refractivity contribution >= 4 is 23.3 Å². The molecule has 0 aromatic heterocycles. The molecule has 0 radical (unpaired) electrons. The highest BCUT2D eigenvalue weighted by Gasteiger charge is 2.48. The summed E-state index contributed by atoms with van der Waals surface area (Å²) in [5, 5.41) is 37.1. The summed E-state index contributed by atoms with van der Waals surface area (Å²) in [6, 6.07) is 5.27. The third-order valence-corrected chi connectivity index (χ3v) is 6.69. The van der Waals surface area contributed by atoms with Crippen LogP contribution in [0.4, 0.5) is 0 Å². The van der Waals surface area contributed by atoms with Crippen LogP contribution in [0.2, 0.25) is 0 Å². The van der Waals surface area contributed by atoms with Crippen LogP contribution >= 0.6 is 0 Å². The number of phenols is 2. The Balaban J connectivity index is 1.86. The average Bonchev–Trinajstić information content (AvgIpc) is 2.82. The van der Waals surface area contributed by atoms with Crippen LogP contribution in [0.3, 0.4) is 0 Å². The Labute approximate surface area is 207 Å². The average molecular weight is 497 g/mol. The monoisotopic (exact) mass is 496 g/mol. The first kappa shape index (κ1) is 25.5. The standard InChI is InChI=1S/C26H28N2O8/c1-13(29)36-12-18(30)26(35)10-16-19(17(11-26)27-8-9-28(2)3)25(34)21-20(24(16)33)22(31)14-6-4-5-7-15(14)23(21)32/h4-7,17,27,33-35H,8-12H2,1-3H3/t17-,26-/m0/s1. The number of ketones is 3. The fraction of sp³-hybridized carbons (Fsp3) is 0.385. The Kier molecular flexibility index (Phi) is 6.70. The van der Waals surface area contributed by atoms with Gasteiger partial charge in [-0.1, -0.05) is 24.3 Å². The van der Waals surface area contributed by atoms with E-state index in [2.05, 4.69) is 5.32 Å². The summed E-state index contributed by atoms with van der Waals surface area (Å²) in [5.41, 5.74) is -2.39. The number of esters is 1. The lowest BCUT2D eigenvalue weighted by molar-refractivity contribution is -0.154. The zero-order valence-corrected chi connectivity index (χ0v) is 20.3. The molecule has 2 aliphatic carbocycles. The Morgan fingerprint density at radius 1 is 1.08 bits per heavy atom. The summed E-state index contributed by atoms with van der Waals surface area (Å²) >= 11 is 0. The Bertz CT molecular complexity index is 1290. The van der Waals surface area contributed by atoms with Crippen LogP contribution in [0.5, 0.6) is 11.5 Å². The molecule has 2 atom stereocenters. The molecule has 0 unspecified atom stereocenters. The highest BCUT2D eigenvalue weighted by atomic mass is 16.5. The van der Waals surface area contributed by atoms with Gasteiger partial charge in [0.25, 0.3) is 0 Å². The smallest absolute Gasteiger partial charge is 0.303 e. The number of nitrogens with zero attached hydrogens (tertiary/aromatic N) is 1. The van der Waals surface area contributed by atoms with Crippen LogP contribution in [-0.4, -0.2) is 82.9 Å². The maximum Gasteiger partial charge on any atom is 0.303 e. The molecule has 4 rings (SSSR count). The number of hydrogen-bond acceptors (Lipinski definition) is 10. The van der Waals surface area contributed by atoms with Gasteiger partial charge in [0.05, 0.1) is 11.1 Å². The third-order valence-electron chi connectivity index (χ3n) is 6.69. The van der Waals surface area contributed by atoms with Crippen molar-refractivity contribution in [1.82, 2.24) is 10.2 Å². The van der Waals surface area contributed by atoms with Gasteiger partial charge in [-0.2, -0.15) is 0 Å². The van der Waals surface area contributed by atoms with E-state index in [0.29, 0.717) is 13.1 Å². The number of phenolic OH excluding ortho intramolecular Hbond substituents is 2. The van der Waals surface area contributed by atoms with Gasteiger partial charge in [-0.05, 0) is 14.1 Å². The van der Waals surface area contributed by atoms with Crippen LogP contribution in [0.15, 0.2) is 24.3 Å². The molecule has 0 bridgehead atoms. The lowest BCUT2D eigenvalue weighted by atomic mass is 9.71. The van der Waals surface area contributed by atoms with Crippen molar-refractivity contribution in [2.45, 2.75) is 31.4 Å². The van der Waals surface area contributed by atoms with Gasteiger partial charge in [0, 0.05) is 61.2 Å². The molecule has 0 heterocycles. The van der Waals surface area contributed by atoms with Gasteiger partial charge < -0.3 is 30.3 Å². The molecule has 0 amide bonds. The van der Waals surface area contributed by atoms with Crippen molar-refractivity contribution in [3.05, 3.63) is 57.6 Å². The predicted molar refractivity (Wildman–Crippen MR) is 127 cm³/mol. The fourth-order valence-corrected chi connectivity index (χ4v) is 4.89. The molecular formula is C26H28N2O8. The number of benzene rings is 2. The van der Waals surface area contributed by atoms with Gasteiger partial charge >= 0.3 is 5.97 Å². The van der Waals surface area contributed by atoms with Crippen LogP contribution in [0, 0.1) is 0 Å². The highest BCUT2D eigenvalue weighted by molar-refractivity contribution is 6.30. The summed E-state index contributed by atoms with van der Waals surface area (Å²) in [4.78, 5) is 52.6. The van der Waals surface area contributed by atoms with Crippen molar-refractivity contribution in [3.8, 4) is 11.5 Å².